The van der Waals surface area contributed by atoms with Crippen LogP contribution in [0.1, 0.15) is 37.7 Å². The number of hydrogen-bond acceptors (Lipinski definition) is 4. The molecule has 2 aromatic carbocycles. The van der Waals surface area contributed by atoms with Gasteiger partial charge in [-0.2, -0.15) is 0 Å². The molecule has 0 radical (unpaired) electrons. The molecule has 154 valence electrons. The number of amides is 1. The second-order valence-corrected chi connectivity index (χ2v) is 9.24. The SMILES string of the molecule is Cc1cc(C(=O)CN2C(=O)c3ccccc3S2(=O)=O)c(C)n1CCc1ccccc1. The highest BCUT2D eigenvalue weighted by molar-refractivity contribution is 7.90. The number of fused-ring (bicyclic) bond motifs is 1. The number of carbonyl (C=O) groups is 2. The van der Waals surface area contributed by atoms with Crippen molar-refractivity contribution >= 4 is 21.7 Å². The van der Waals surface area contributed by atoms with Gasteiger partial charge in [-0.15, -0.1) is 0 Å². The van der Waals surface area contributed by atoms with E-state index in [9.17, 15) is 18.0 Å². The average Bonchev–Trinajstić information content (AvgIpc) is 3.13. The zero-order valence-electron chi connectivity index (χ0n) is 16.8. The Morgan fingerprint density at radius 3 is 2.33 bits per heavy atom. The highest BCUT2D eigenvalue weighted by atomic mass is 32.2. The maximum absolute atomic E-state index is 13.0. The Hall–Kier alpha value is -3.19. The molecular formula is C23H22N2O4S. The van der Waals surface area contributed by atoms with Gasteiger partial charge in [0.1, 0.15) is 11.4 Å². The third-order valence-corrected chi connectivity index (χ3v) is 7.33. The molecule has 6 nitrogen and oxygen atoms in total. The van der Waals surface area contributed by atoms with Crippen molar-refractivity contribution in [2.45, 2.75) is 31.7 Å². The quantitative estimate of drug-likeness (QED) is 0.571. The van der Waals surface area contributed by atoms with Gasteiger partial charge in [0.25, 0.3) is 15.9 Å². The molecule has 0 N–H and O–H groups in total. The molecule has 7 heteroatoms. The van der Waals surface area contributed by atoms with Crippen LogP contribution in [0.25, 0.3) is 0 Å². The predicted molar refractivity (Wildman–Crippen MR) is 113 cm³/mol. The van der Waals surface area contributed by atoms with Crippen LogP contribution < -0.4 is 0 Å². The lowest BCUT2D eigenvalue weighted by atomic mass is 10.1. The lowest BCUT2D eigenvalue weighted by Crippen LogP contribution is -2.35. The number of nitrogens with zero attached hydrogens (tertiary/aromatic N) is 2. The Morgan fingerprint density at radius 1 is 0.967 bits per heavy atom. The summed E-state index contributed by atoms with van der Waals surface area (Å²) in [5.74, 6) is -1.05. The normalized spacial score (nSPS) is 14.7. The number of carbonyl (C=O) groups excluding carboxylic acids is 2. The molecule has 0 bridgehead atoms. The number of aromatic nitrogens is 1. The highest BCUT2D eigenvalue weighted by Gasteiger charge is 2.42. The summed E-state index contributed by atoms with van der Waals surface area (Å²) >= 11 is 0. The minimum atomic E-state index is -4.00. The first-order valence-corrected chi connectivity index (χ1v) is 11.1. The van der Waals surface area contributed by atoms with Crippen LogP contribution in [0.4, 0.5) is 0 Å². The predicted octanol–water partition coefficient (Wildman–Crippen LogP) is 3.38. The average molecular weight is 423 g/mol. The molecule has 0 spiro atoms. The van der Waals surface area contributed by atoms with Crippen molar-refractivity contribution < 1.29 is 18.0 Å². The summed E-state index contributed by atoms with van der Waals surface area (Å²) in [5, 5.41) is 0. The van der Waals surface area contributed by atoms with E-state index >= 15 is 0 Å². The Morgan fingerprint density at radius 2 is 1.63 bits per heavy atom. The van der Waals surface area contributed by atoms with E-state index in [-0.39, 0.29) is 10.5 Å². The van der Waals surface area contributed by atoms with Crippen LogP contribution in [0, 0.1) is 13.8 Å². The van der Waals surface area contributed by atoms with Crippen LogP contribution >= 0.6 is 0 Å². The van der Waals surface area contributed by atoms with Crippen molar-refractivity contribution in [2.75, 3.05) is 6.54 Å². The molecule has 4 rings (SSSR count). The van der Waals surface area contributed by atoms with Crippen molar-refractivity contribution in [1.82, 2.24) is 8.87 Å². The van der Waals surface area contributed by atoms with E-state index < -0.39 is 28.3 Å². The Bertz CT molecular complexity index is 1240. The summed E-state index contributed by atoms with van der Waals surface area (Å²) in [6.45, 7) is 3.98. The van der Waals surface area contributed by atoms with E-state index in [0.717, 1.165) is 17.8 Å². The van der Waals surface area contributed by atoms with Crippen molar-refractivity contribution in [3.8, 4) is 0 Å². The first-order valence-electron chi connectivity index (χ1n) is 9.70. The molecule has 0 unspecified atom stereocenters. The summed E-state index contributed by atoms with van der Waals surface area (Å²) in [4.78, 5) is 25.5. The first-order chi connectivity index (χ1) is 14.3. The number of rotatable bonds is 6. The molecule has 0 atom stereocenters. The van der Waals surface area contributed by atoms with E-state index in [4.69, 9.17) is 0 Å². The molecule has 3 aromatic rings. The van der Waals surface area contributed by atoms with Gasteiger partial charge in [0.05, 0.1) is 5.56 Å². The third-order valence-electron chi connectivity index (χ3n) is 5.54. The van der Waals surface area contributed by atoms with E-state index in [0.29, 0.717) is 16.4 Å². The van der Waals surface area contributed by atoms with Crippen LogP contribution in [-0.2, 0) is 23.0 Å². The summed E-state index contributed by atoms with van der Waals surface area (Å²) < 4.78 is 28.2. The molecule has 1 aliphatic rings. The molecule has 1 amide bonds. The van der Waals surface area contributed by atoms with Crippen molar-refractivity contribution in [1.29, 1.82) is 0 Å². The van der Waals surface area contributed by atoms with E-state index in [1.165, 1.54) is 17.7 Å². The number of ketones is 1. The van der Waals surface area contributed by atoms with Crippen LogP contribution in [0.5, 0.6) is 0 Å². The molecule has 2 heterocycles. The smallest absolute Gasteiger partial charge is 0.269 e. The largest absolute Gasteiger partial charge is 0.348 e. The van der Waals surface area contributed by atoms with Crippen molar-refractivity contribution in [3.63, 3.8) is 0 Å². The van der Waals surface area contributed by atoms with Crippen LogP contribution in [0.15, 0.2) is 65.6 Å². The second-order valence-electron chi connectivity index (χ2n) is 7.41. The van der Waals surface area contributed by atoms with E-state index in [2.05, 4.69) is 16.7 Å². The fourth-order valence-electron chi connectivity index (χ4n) is 3.92. The van der Waals surface area contributed by atoms with E-state index in [1.807, 2.05) is 32.0 Å². The number of benzene rings is 2. The molecule has 0 fully saturated rings. The summed E-state index contributed by atoms with van der Waals surface area (Å²) in [6.07, 6.45) is 0.819. The minimum absolute atomic E-state index is 0.0452. The van der Waals surface area contributed by atoms with Gasteiger partial charge in [-0.3, -0.25) is 9.59 Å². The fourth-order valence-corrected chi connectivity index (χ4v) is 5.44. The number of aryl methyl sites for hydroxylation is 2. The number of Topliss-reactive ketones (excluding diaryl/α,β-unsaturated/α-hetero) is 1. The standard InChI is InChI=1S/C23H22N2O4S/c1-16-14-20(17(2)24(16)13-12-18-8-4-3-5-9-18)21(26)15-25-23(27)19-10-6-7-11-22(19)30(25,28)29/h3-11,14H,12-13,15H2,1-2H3. The Labute approximate surface area is 175 Å². The van der Waals surface area contributed by atoms with Gasteiger partial charge in [-0.25, -0.2) is 12.7 Å². The molecule has 1 aromatic heterocycles. The Balaban J connectivity index is 1.56. The molecule has 0 saturated carbocycles. The van der Waals surface area contributed by atoms with Crippen LogP contribution in [0.3, 0.4) is 0 Å². The molecular weight excluding hydrogens is 400 g/mol. The molecule has 30 heavy (non-hydrogen) atoms. The minimum Gasteiger partial charge on any atom is -0.348 e. The third kappa shape index (κ3) is 3.35. The number of sulfonamides is 1. The van der Waals surface area contributed by atoms with Crippen molar-refractivity contribution in [2.24, 2.45) is 0 Å². The highest BCUT2D eigenvalue weighted by Crippen LogP contribution is 2.30. The number of hydrogen-bond donors (Lipinski definition) is 0. The lowest BCUT2D eigenvalue weighted by molar-refractivity contribution is 0.0820. The zero-order valence-corrected chi connectivity index (χ0v) is 17.6. The summed E-state index contributed by atoms with van der Waals surface area (Å²) in [6, 6.07) is 17.9. The summed E-state index contributed by atoms with van der Waals surface area (Å²) in [5.41, 5.74) is 3.45. The van der Waals surface area contributed by atoms with Gasteiger partial charge in [0, 0.05) is 23.5 Å². The van der Waals surface area contributed by atoms with Gasteiger partial charge in [-0.05, 0) is 44.0 Å². The first kappa shape index (κ1) is 20.1. The molecule has 0 aliphatic carbocycles. The van der Waals surface area contributed by atoms with Gasteiger partial charge in [-0.1, -0.05) is 42.5 Å². The van der Waals surface area contributed by atoms with Crippen molar-refractivity contribution in [3.05, 3.63) is 88.7 Å². The van der Waals surface area contributed by atoms with Gasteiger partial charge in [0.2, 0.25) is 0 Å². The van der Waals surface area contributed by atoms with Crippen LogP contribution in [0.2, 0.25) is 0 Å². The zero-order chi connectivity index (χ0) is 21.5. The maximum Gasteiger partial charge on any atom is 0.269 e. The Kier molecular flexibility index (Phi) is 5.07. The van der Waals surface area contributed by atoms with Gasteiger partial charge in [0.15, 0.2) is 5.78 Å². The van der Waals surface area contributed by atoms with Crippen LogP contribution in [-0.4, -0.2) is 35.5 Å². The summed E-state index contributed by atoms with van der Waals surface area (Å²) in [7, 11) is -4.00. The second kappa shape index (κ2) is 7.57. The molecule has 0 saturated heterocycles. The fraction of sp³-hybridized carbons (Fsp3) is 0.217. The monoisotopic (exact) mass is 422 g/mol. The van der Waals surface area contributed by atoms with Gasteiger partial charge < -0.3 is 4.57 Å². The van der Waals surface area contributed by atoms with Gasteiger partial charge >= 0.3 is 0 Å². The van der Waals surface area contributed by atoms with E-state index in [1.54, 1.807) is 18.2 Å². The lowest BCUT2D eigenvalue weighted by Gasteiger charge is -2.14. The maximum atomic E-state index is 13.0. The molecule has 1 aliphatic heterocycles. The topological polar surface area (TPSA) is 76.5 Å².